The Balaban J connectivity index is -0.000000000500. The van der Waals surface area contributed by atoms with E-state index in [1.807, 2.05) is 17.7 Å². The van der Waals surface area contributed by atoms with Gasteiger partial charge in [-0.1, -0.05) is 0 Å². The summed E-state index contributed by atoms with van der Waals surface area (Å²) in [7, 11) is 0. The third-order valence-corrected chi connectivity index (χ3v) is 0. The summed E-state index contributed by atoms with van der Waals surface area (Å²) in [5, 5.41) is 0. The predicted molar refractivity (Wildman–Crippen MR) is 18.5 cm³/mol. The van der Waals surface area contributed by atoms with E-state index in [-0.39, 0.29) is 91.7 Å². The third kappa shape index (κ3) is 39.6. The Kier molecular flexibility index (Phi) is 312. The molecule has 0 atom stereocenters. The standard InChI is InChI=1S/Cr.GeH4.Mo.Ni.H2Se.Ti.V/h;1H4;;;1H2;;/q;;+1;;;;/p-1. The van der Waals surface area contributed by atoms with Gasteiger partial charge in [-0.3, -0.25) is 0 Å². The molecule has 0 spiro atoms. The van der Waals surface area contributed by atoms with Gasteiger partial charge < -0.3 is 0 Å². The summed E-state index contributed by atoms with van der Waals surface area (Å²) in [6.07, 6.45) is 0. The molecule has 0 unspecified atom stereocenters. The molecule has 0 saturated carbocycles. The van der Waals surface area contributed by atoms with Gasteiger partial charge in [0.1, 0.15) is 0 Å². The predicted octanol–water partition coefficient (Wildman–Crippen LogP) is -2.11. The molecule has 0 saturated heterocycles. The van der Waals surface area contributed by atoms with E-state index in [4.69, 9.17) is 0 Å². The van der Waals surface area contributed by atoms with E-state index in [1.54, 1.807) is 0 Å². The van der Waals surface area contributed by atoms with Crippen LogP contribution in [0.3, 0.4) is 0 Å². The first-order valence-corrected chi connectivity index (χ1v) is 5.61. The number of hydrogen-bond donors (Lipinski definition) is 0. The van der Waals surface area contributed by atoms with Crippen LogP contribution in [0.15, 0.2) is 0 Å². The first-order valence-electron chi connectivity index (χ1n) is 0.183. The Morgan fingerprint density at radius 2 is 1.14 bits per heavy atom. The number of rotatable bonds is 0. The molecule has 0 N–H and O–H groups in total. The van der Waals surface area contributed by atoms with Crippen LogP contribution < -0.4 is 0 Å². The smallest absolute Gasteiger partial charge is 0 e. The summed E-state index contributed by atoms with van der Waals surface area (Å²) in [5.41, 5.74) is 0. The molecule has 7 heavy (non-hydrogen) atoms. The molecule has 0 aromatic carbocycles. The normalized spacial score (nSPS) is 0.714. The fraction of sp³-hybridized carbons (Fsp3) is 0. The van der Waals surface area contributed by atoms with E-state index < -0.39 is 0 Å². The Hall–Kier alpha value is 4.08. The second-order valence-corrected chi connectivity index (χ2v) is 0. The van der Waals surface area contributed by atoms with E-state index in [2.05, 4.69) is 13.4 Å². The van der Waals surface area contributed by atoms with Crippen LogP contribution in [0.25, 0.3) is 0 Å². The molecular formula is H5CrGeMoNiSeTiV. The maximum absolute atomic E-state index is 2.32. The maximum atomic E-state index is 2.32. The Labute approximate surface area is 120 Å². The zero-order valence-electron chi connectivity index (χ0n) is 2.53. The van der Waals surface area contributed by atoms with Gasteiger partial charge in [-0.15, -0.1) is 0 Å². The summed E-state index contributed by atoms with van der Waals surface area (Å²) >= 11 is 4.21. The molecule has 0 nitrogen and oxygen atoms in total. The van der Waals surface area contributed by atoms with Gasteiger partial charge in [-0.2, -0.15) is 0 Å². The van der Waals surface area contributed by atoms with Crippen LogP contribution in [0.4, 0.5) is 0 Å². The molecule has 46 valence electrons. The van der Waals surface area contributed by atoms with Crippen molar-refractivity contribution in [1.29, 1.82) is 0 Å². The van der Waals surface area contributed by atoms with Crippen molar-refractivity contribution in [2.75, 3.05) is 0 Å². The van der Waals surface area contributed by atoms with E-state index >= 15 is 0 Å². The topological polar surface area (TPSA) is 0 Å². The van der Waals surface area contributed by atoms with E-state index in [9.17, 15) is 0 Å². The number of hydrogen-bond acceptors (Lipinski definition) is 0. The average molecular weight is 462 g/mol. The Morgan fingerprint density at radius 3 is 1.14 bits per heavy atom. The zero-order chi connectivity index (χ0) is 2.00. The summed E-state index contributed by atoms with van der Waals surface area (Å²) in [6, 6.07) is 0. The second kappa shape index (κ2) is 50.0. The molecule has 0 aliphatic carbocycles. The van der Waals surface area contributed by atoms with Crippen molar-refractivity contribution in [3.05, 3.63) is 0 Å². The second-order valence-electron chi connectivity index (χ2n) is 0. The van der Waals surface area contributed by atoms with Crippen molar-refractivity contribution in [2.24, 2.45) is 0 Å². The van der Waals surface area contributed by atoms with Gasteiger partial charge in [0.25, 0.3) is 0 Å². The van der Waals surface area contributed by atoms with Crippen LogP contribution in [0.5, 0.6) is 0 Å². The van der Waals surface area contributed by atoms with Crippen molar-refractivity contribution in [3.8, 4) is 0 Å². The maximum Gasteiger partial charge on any atom is 0 e. The van der Waals surface area contributed by atoms with Crippen LogP contribution in [-0.4, -0.2) is 31.0 Å². The minimum atomic E-state index is 0. The van der Waals surface area contributed by atoms with Crippen LogP contribution in [-0.2, 0) is 91.9 Å². The van der Waals surface area contributed by atoms with Crippen molar-refractivity contribution in [2.45, 2.75) is 0 Å². The molecule has 0 amide bonds. The fourth-order valence-corrected chi connectivity index (χ4v) is 0. The molecule has 0 bridgehead atoms. The van der Waals surface area contributed by atoms with E-state index in [0.717, 1.165) is 0 Å². The van der Waals surface area contributed by atoms with E-state index in [1.165, 1.54) is 0 Å². The molecule has 0 rings (SSSR count). The molecule has 0 fully saturated rings. The first kappa shape index (κ1) is 43.6. The van der Waals surface area contributed by atoms with Crippen molar-refractivity contribution >= 4 is 31.0 Å². The molecule has 0 aromatic rings. The van der Waals surface area contributed by atoms with Gasteiger partial charge >= 0.3 is 48.7 Å². The van der Waals surface area contributed by atoms with Gasteiger partial charge in [0.2, 0.25) is 0 Å². The minimum Gasteiger partial charge on any atom is 0 e. The molecule has 7 heteroatoms. The fourth-order valence-electron chi connectivity index (χ4n) is 0. The van der Waals surface area contributed by atoms with Crippen LogP contribution in [0.2, 0.25) is 0 Å². The molecule has 0 aliphatic rings. The van der Waals surface area contributed by atoms with Gasteiger partial charge in [0.15, 0.2) is 0 Å². The molecular weight excluding hydrogens is 457 g/mol. The quantitative estimate of drug-likeness (QED) is 0.362. The van der Waals surface area contributed by atoms with Gasteiger partial charge in [0.05, 0.1) is 0 Å². The van der Waals surface area contributed by atoms with Crippen molar-refractivity contribution < 1.29 is 91.9 Å². The molecule has 0 aliphatic heterocycles. The van der Waals surface area contributed by atoms with Crippen molar-refractivity contribution in [3.63, 3.8) is 0 Å². The van der Waals surface area contributed by atoms with E-state index in [0.29, 0.717) is 0 Å². The monoisotopic (exact) mass is 466 g/mol. The Morgan fingerprint density at radius 1 is 1.14 bits per heavy atom. The molecule has 1 radical (unpaired) electrons. The molecule has 0 aromatic heterocycles. The third-order valence-electron chi connectivity index (χ3n) is 0. The van der Waals surface area contributed by atoms with Gasteiger partial charge in [-0.25, -0.2) is 0 Å². The van der Waals surface area contributed by atoms with Gasteiger partial charge in [-0.05, 0) is 0 Å². The summed E-state index contributed by atoms with van der Waals surface area (Å²) in [4.78, 5) is 0. The zero-order valence-corrected chi connectivity index (χ0v) is 11.6. The minimum absolute atomic E-state index is 0. The largest absolute Gasteiger partial charge is 0 e. The van der Waals surface area contributed by atoms with Gasteiger partial charge in [0, 0.05) is 74.1 Å². The summed E-state index contributed by atoms with van der Waals surface area (Å²) in [5.74, 6) is 0. The van der Waals surface area contributed by atoms with Crippen molar-refractivity contribution in [1.82, 2.24) is 0 Å². The Bertz CT molecular complexity index is 19.7. The molecule has 0 heterocycles. The summed E-state index contributed by atoms with van der Waals surface area (Å²) < 4.78 is 0. The van der Waals surface area contributed by atoms with Crippen LogP contribution in [0, 0.1) is 0 Å². The van der Waals surface area contributed by atoms with Crippen LogP contribution in [0.1, 0.15) is 0 Å². The SMILES string of the molecule is [Cr].[GeH4].[Ni].[SeH][Mo].[Ti].[V]. The van der Waals surface area contributed by atoms with Crippen LogP contribution >= 0.6 is 0 Å². The average Bonchev–Trinajstić information content (AvgIpc) is 1.00. The summed E-state index contributed by atoms with van der Waals surface area (Å²) in [6.45, 7) is 0. The first-order chi connectivity index (χ1) is 1.00.